The van der Waals surface area contributed by atoms with Gasteiger partial charge < -0.3 is 9.84 Å². The monoisotopic (exact) mass is 212 g/mol. The van der Waals surface area contributed by atoms with Crippen LogP contribution in [0.4, 0.5) is 0 Å². The van der Waals surface area contributed by atoms with Gasteiger partial charge in [0.1, 0.15) is 5.60 Å². The number of ether oxygens (including phenoxy) is 1. The average Bonchev–Trinajstić information content (AvgIpc) is 2.49. The number of aliphatic hydroxyl groups is 1. The molecule has 3 heteroatoms. The minimum absolute atomic E-state index is 0.256. The van der Waals surface area contributed by atoms with Crippen molar-refractivity contribution in [1.82, 2.24) is 0 Å². The molecule has 1 aliphatic carbocycles. The molecule has 0 saturated heterocycles. The van der Waals surface area contributed by atoms with E-state index < -0.39 is 5.60 Å². The van der Waals surface area contributed by atoms with E-state index >= 15 is 0 Å². The van der Waals surface area contributed by atoms with Gasteiger partial charge in [0.15, 0.2) is 0 Å². The molecule has 0 unspecified atom stereocenters. The van der Waals surface area contributed by atoms with E-state index in [9.17, 15) is 5.11 Å². The summed E-state index contributed by atoms with van der Waals surface area (Å²) in [5.74, 6) is 0. The lowest BCUT2D eigenvalue weighted by atomic mass is 9.75. The zero-order valence-corrected chi connectivity index (χ0v) is 9.43. The van der Waals surface area contributed by atoms with Gasteiger partial charge in [0, 0.05) is 24.3 Å². The normalized spacial score (nSPS) is 31.5. The number of rotatable bonds is 3. The second-order valence-electron chi connectivity index (χ2n) is 3.95. The van der Waals surface area contributed by atoms with Crippen molar-refractivity contribution < 1.29 is 9.84 Å². The summed E-state index contributed by atoms with van der Waals surface area (Å²) in [5.41, 5.74) is 0.602. The quantitative estimate of drug-likeness (QED) is 0.834. The summed E-state index contributed by atoms with van der Waals surface area (Å²) in [7, 11) is 0. The summed E-state index contributed by atoms with van der Waals surface area (Å²) < 4.78 is 5.46. The fourth-order valence-corrected chi connectivity index (χ4v) is 3.13. The van der Waals surface area contributed by atoms with Gasteiger partial charge in [-0.1, -0.05) is 0 Å². The van der Waals surface area contributed by atoms with Gasteiger partial charge in [0.2, 0.25) is 0 Å². The molecule has 78 valence electrons. The van der Waals surface area contributed by atoms with Crippen LogP contribution in [0.5, 0.6) is 0 Å². The SMILES string of the molecule is CCOC1CC(O)(c2sccc2C)C1. The summed E-state index contributed by atoms with van der Waals surface area (Å²) in [4.78, 5) is 1.12. The van der Waals surface area contributed by atoms with Crippen LogP contribution in [-0.2, 0) is 10.3 Å². The molecule has 0 spiro atoms. The van der Waals surface area contributed by atoms with Crippen LogP contribution in [0.25, 0.3) is 0 Å². The largest absolute Gasteiger partial charge is 0.384 e. The van der Waals surface area contributed by atoms with Crippen LogP contribution in [0.3, 0.4) is 0 Å². The summed E-state index contributed by atoms with van der Waals surface area (Å²) >= 11 is 1.65. The first-order valence-corrected chi connectivity index (χ1v) is 5.92. The average molecular weight is 212 g/mol. The molecule has 1 saturated carbocycles. The highest BCUT2D eigenvalue weighted by Crippen LogP contribution is 2.46. The summed E-state index contributed by atoms with van der Waals surface area (Å²) in [5, 5.41) is 12.3. The first-order valence-electron chi connectivity index (χ1n) is 5.04. The van der Waals surface area contributed by atoms with Gasteiger partial charge in [-0.25, -0.2) is 0 Å². The van der Waals surface area contributed by atoms with Crippen molar-refractivity contribution in [3.8, 4) is 0 Å². The van der Waals surface area contributed by atoms with E-state index in [1.807, 2.05) is 12.3 Å². The first kappa shape index (κ1) is 10.1. The molecule has 1 aromatic rings. The third kappa shape index (κ3) is 1.60. The molecule has 1 heterocycles. The maximum atomic E-state index is 10.3. The van der Waals surface area contributed by atoms with Crippen molar-refractivity contribution >= 4 is 11.3 Å². The molecular formula is C11H16O2S. The number of hydrogen-bond donors (Lipinski definition) is 1. The molecular weight excluding hydrogens is 196 g/mol. The highest BCUT2D eigenvalue weighted by atomic mass is 32.1. The van der Waals surface area contributed by atoms with Crippen molar-refractivity contribution in [2.24, 2.45) is 0 Å². The second kappa shape index (κ2) is 3.65. The molecule has 2 nitrogen and oxygen atoms in total. The minimum atomic E-state index is -0.599. The summed E-state index contributed by atoms with van der Waals surface area (Å²) in [6.07, 6.45) is 1.76. The molecule has 0 aliphatic heterocycles. The Bertz CT molecular complexity index is 313. The fourth-order valence-electron chi connectivity index (χ4n) is 2.08. The van der Waals surface area contributed by atoms with Crippen molar-refractivity contribution in [2.75, 3.05) is 6.61 Å². The molecule has 0 bridgehead atoms. The van der Waals surface area contributed by atoms with Crippen LogP contribution >= 0.6 is 11.3 Å². The van der Waals surface area contributed by atoms with Gasteiger partial charge >= 0.3 is 0 Å². The Morgan fingerprint density at radius 1 is 1.64 bits per heavy atom. The molecule has 1 N–H and O–H groups in total. The molecule has 1 aliphatic rings. The Morgan fingerprint density at radius 3 is 2.86 bits per heavy atom. The van der Waals surface area contributed by atoms with Crippen molar-refractivity contribution in [1.29, 1.82) is 0 Å². The Balaban J connectivity index is 2.04. The molecule has 1 aromatic heterocycles. The maximum absolute atomic E-state index is 10.3. The minimum Gasteiger partial charge on any atom is -0.384 e. The third-order valence-electron chi connectivity index (χ3n) is 2.82. The number of hydrogen-bond acceptors (Lipinski definition) is 3. The molecule has 0 radical (unpaired) electrons. The van der Waals surface area contributed by atoms with Crippen LogP contribution < -0.4 is 0 Å². The topological polar surface area (TPSA) is 29.5 Å². The fraction of sp³-hybridized carbons (Fsp3) is 0.636. The number of thiophene rings is 1. The Labute approximate surface area is 88.5 Å². The highest BCUT2D eigenvalue weighted by molar-refractivity contribution is 7.10. The van der Waals surface area contributed by atoms with Crippen molar-refractivity contribution in [3.63, 3.8) is 0 Å². The lowest BCUT2D eigenvalue weighted by molar-refractivity contribution is -0.141. The Kier molecular flexibility index (Phi) is 2.64. The van der Waals surface area contributed by atoms with E-state index in [0.29, 0.717) is 0 Å². The van der Waals surface area contributed by atoms with Crippen LogP contribution in [0, 0.1) is 6.92 Å². The van der Waals surface area contributed by atoms with E-state index in [1.165, 1.54) is 5.56 Å². The van der Waals surface area contributed by atoms with Crippen LogP contribution in [0.15, 0.2) is 11.4 Å². The summed E-state index contributed by atoms with van der Waals surface area (Å²) in [6.45, 7) is 4.79. The molecule has 0 aromatic carbocycles. The third-order valence-corrected chi connectivity index (χ3v) is 4.03. The van der Waals surface area contributed by atoms with Crippen molar-refractivity contribution in [2.45, 2.75) is 38.4 Å². The van der Waals surface area contributed by atoms with Gasteiger partial charge in [0.25, 0.3) is 0 Å². The van der Waals surface area contributed by atoms with E-state index in [4.69, 9.17) is 4.74 Å². The molecule has 1 fully saturated rings. The zero-order chi connectivity index (χ0) is 10.2. The van der Waals surface area contributed by atoms with Crippen LogP contribution in [0.2, 0.25) is 0 Å². The van der Waals surface area contributed by atoms with E-state index in [1.54, 1.807) is 11.3 Å². The maximum Gasteiger partial charge on any atom is 0.104 e. The zero-order valence-electron chi connectivity index (χ0n) is 8.62. The van der Waals surface area contributed by atoms with Gasteiger partial charge in [0.05, 0.1) is 6.10 Å². The van der Waals surface area contributed by atoms with Gasteiger partial charge in [-0.05, 0) is 30.9 Å². The molecule has 0 amide bonds. The van der Waals surface area contributed by atoms with Crippen LogP contribution in [0.1, 0.15) is 30.2 Å². The molecule has 2 rings (SSSR count). The first-order chi connectivity index (χ1) is 6.65. The van der Waals surface area contributed by atoms with E-state index in [-0.39, 0.29) is 6.10 Å². The second-order valence-corrected chi connectivity index (χ2v) is 4.87. The standard InChI is InChI=1S/C11H16O2S/c1-3-13-9-6-11(12,7-9)10-8(2)4-5-14-10/h4-5,9,12H,3,6-7H2,1-2H3. The number of aryl methyl sites for hydroxylation is 1. The molecule has 14 heavy (non-hydrogen) atoms. The molecule has 0 atom stereocenters. The van der Waals surface area contributed by atoms with Gasteiger partial charge in [-0.2, -0.15) is 0 Å². The Morgan fingerprint density at radius 2 is 2.36 bits per heavy atom. The van der Waals surface area contributed by atoms with Crippen LogP contribution in [-0.4, -0.2) is 17.8 Å². The van der Waals surface area contributed by atoms with Gasteiger partial charge in [-0.3, -0.25) is 0 Å². The summed E-state index contributed by atoms with van der Waals surface area (Å²) in [6, 6.07) is 2.06. The smallest absolute Gasteiger partial charge is 0.104 e. The Hall–Kier alpha value is -0.380. The highest BCUT2D eigenvalue weighted by Gasteiger charge is 2.46. The van der Waals surface area contributed by atoms with E-state index in [2.05, 4.69) is 13.0 Å². The predicted octanol–water partition coefficient (Wildman–Crippen LogP) is 2.44. The van der Waals surface area contributed by atoms with E-state index in [0.717, 1.165) is 24.3 Å². The van der Waals surface area contributed by atoms with Gasteiger partial charge in [-0.15, -0.1) is 11.3 Å². The predicted molar refractivity (Wildman–Crippen MR) is 57.6 cm³/mol. The lowest BCUT2D eigenvalue weighted by Crippen LogP contribution is -2.45. The lowest BCUT2D eigenvalue weighted by Gasteiger charge is -2.43. The van der Waals surface area contributed by atoms with Crippen molar-refractivity contribution in [3.05, 3.63) is 21.9 Å².